The largest absolute Gasteiger partial charge is 0.398 e. The third-order valence-electron chi connectivity index (χ3n) is 3.10. The molecule has 2 rings (SSSR count). The molecule has 0 aliphatic carbocycles. The molecule has 0 spiro atoms. The van der Waals surface area contributed by atoms with Gasteiger partial charge in [-0.3, -0.25) is 9.78 Å². The zero-order chi connectivity index (χ0) is 15.1. The number of hydrogen-bond donors (Lipinski definition) is 3. The second-order valence-electron chi connectivity index (χ2n) is 4.62. The van der Waals surface area contributed by atoms with Gasteiger partial charge in [0, 0.05) is 43.9 Å². The third kappa shape index (κ3) is 4.06. The van der Waals surface area contributed by atoms with Crippen LogP contribution in [0.25, 0.3) is 10.9 Å². The number of benzene rings is 1. The van der Waals surface area contributed by atoms with Crippen molar-refractivity contribution in [2.45, 2.75) is 6.42 Å². The number of amides is 1. The SMILES string of the molecule is COCCNC(=O)CCNc1ccc(N)c2cccnc12. The topological polar surface area (TPSA) is 89.3 Å². The molecule has 0 fully saturated rings. The standard InChI is InChI=1S/C15H20N4O2/c1-21-10-9-18-14(20)6-8-17-13-5-4-12(16)11-3-2-7-19-15(11)13/h2-5,7,17H,6,8-10,16H2,1H3,(H,18,20). The Balaban J connectivity index is 1.92. The zero-order valence-electron chi connectivity index (χ0n) is 12.1. The van der Waals surface area contributed by atoms with E-state index in [1.54, 1.807) is 13.3 Å². The number of carbonyl (C=O) groups excluding carboxylic acids is 1. The first-order valence-electron chi connectivity index (χ1n) is 6.85. The first-order valence-corrected chi connectivity index (χ1v) is 6.85. The molecule has 0 aliphatic heterocycles. The van der Waals surface area contributed by atoms with Crippen molar-refractivity contribution >= 4 is 28.2 Å². The predicted molar refractivity (Wildman–Crippen MR) is 84.1 cm³/mol. The van der Waals surface area contributed by atoms with Gasteiger partial charge in [-0.25, -0.2) is 0 Å². The average Bonchev–Trinajstić information content (AvgIpc) is 2.50. The summed E-state index contributed by atoms with van der Waals surface area (Å²) >= 11 is 0. The molecular formula is C15H20N4O2. The number of anilines is 2. The van der Waals surface area contributed by atoms with Gasteiger partial charge in [-0.1, -0.05) is 0 Å². The van der Waals surface area contributed by atoms with Gasteiger partial charge in [0.15, 0.2) is 0 Å². The number of nitrogens with one attached hydrogen (secondary N) is 2. The van der Waals surface area contributed by atoms with Gasteiger partial charge < -0.3 is 21.1 Å². The van der Waals surface area contributed by atoms with Crippen LogP contribution in [0.1, 0.15) is 6.42 Å². The smallest absolute Gasteiger partial charge is 0.221 e. The highest BCUT2D eigenvalue weighted by Crippen LogP contribution is 2.25. The lowest BCUT2D eigenvalue weighted by Crippen LogP contribution is -2.28. The number of nitrogens with two attached hydrogens (primary N) is 1. The van der Waals surface area contributed by atoms with E-state index in [9.17, 15) is 4.79 Å². The van der Waals surface area contributed by atoms with Crippen LogP contribution in [0.5, 0.6) is 0 Å². The normalized spacial score (nSPS) is 10.5. The highest BCUT2D eigenvalue weighted by molar-refractivity contribution is 5.98. The van der Waals surface area contributed by atoms with Crippen LogP contribution in [0.15, 0.2) is 30.5 Å². The summed E-state index contributed by atoms with van der Waals surface area (Å²) in [5.74, 6) is -0.00717. The molecule has 0 atom stereocenters. The summed E-state index contributed by atoms with van der Waals surface area (Å²) < 4.78 is 4.87. The lowest BCUT2D eigenvalue weighted by atomic mass is 10.1. The number of rotatable bonds is 7. The van der Waals surface area contributed by atoms with Crippen molar-refractivity contribution < 1.29 is 9.53 Å². The highest BCUT2D eigenvalue weighted by Gasteiger charge is 2.05. The molecule has 1 heterocycles. The highest BCUT2D eigenvalue weighted by atomic mass is 16.5. The molecule has 1 aromatic heterocycles. The van der Waals surface area contributed by atoms with E-state index < -0.39 is 0 Å². The monoisotopic (exact) mass is 288 g/mol. The van der Waals surface area contributed by atoms with Crippen molar-refractivity contribution in [3.8, 4) is 0 Å². The number of nitrogens with zero attached hydrogens (tertiary/aromatic N) is 1. The number of nitrogen functional groups attached to an aromatic ring is 1. The Hall–Kier alpha value is -2.34. The minimum absolute atomic E-state index is 0.00717. The maximum absolute atomic E-state index is 11.6. The van der Waals surface area contributed by atoms with Crippen molar-refractivity contribution in [1.29, 1.82) is 0 Å². The minimum atomic E-state index is -0.00717. The fourth-order valence-corrected chi connectivity index (χ4v) is 2.03. The Labute approximate surface area is 123 Å². The van der Waals surface area contributed by atoms with Crippen LogP contribution in [-0.4, -0.2) is 37.7 Å². The van der Waals surface area contributed by atoms with E-state index in [2.05, 4.69) is 15.6 Å². The van der Waals surface area contributed by atoms with Crippen LogP contribution >= 0.6 is 0 Å². The van der Waals surface area contributed by atoms with Gasteiger partial charge in [-0.15, -0.1) is 0 Å². The molecule has 0 aliphatic rings. The molecule has 0 saturated carbocycles. The molecule has 4 N–H and O–H groups in total. The summed E-state index contributed by atoms with van der Waals surface area (Å²) in [5.41, 5.74) is 8.32. The molecule has 1 amide bonds. The van der Waals surface area contributed by atoms with Crippen LogP contribution in [0.2, 0.25) is 0 Å². The minimum Gasteiger partial charge on any atom is -0.398 e. The lowest BCUT2D eigenvalue weighted by molar-refractivity contribution is -0.121. The second kappa shape index (κ2) is 7.44. The molecule has 0 unspecified atom stereocenters. The molecule has 0 radical (unpaired) electrons. The Kier molecular flexibility index (Phi) is 5.34. The molecule has 1 aromatic carbocycles. The van der Waals surface area contributed by atoms with Crippen molar-refractivity contribution in [2.75, 3.05) is 37.9 Å². The average molecular weight is 288 g/mol. The van der Waals surface area contributed by atoms with E-state index in [-0.39, 0.29) is 5.91 Å². The summed E-state index contributed by atoms with van der Waals surface area (Å²) in [6.45, 7) is 1.59. The molecule has 2 aromatic rings. The first-order chi connectivity index (χ1) is 10.2. The molecule has 0 bridgehead atoms. The van der Waals surface area contributed by atoms with Gasteiger partial charge in [-0.2, -0.15) is 0 Å². The van der Waals surface area contributed by atoms with Gasteiger partial charge in [-0.05, 0) is 24.3 Å². The molecule has 6 nitrogen and oxygen atoms in total. The number of methoxy groups -OCH3 is 1. The number of fused-ring (bicyclic) bond motifs is 1. The van der Waals surface area contributed by atoms with E-state index in [4.69, 9.17) is 10.5 Å². The van der Waals surface area contributed by atoms with Gasteiger partial charge in [0.25, 0.3) is 0 Å². The quantitative estimate of drug-likeness (QED) is 0.529. The molecule has 21 heavy (non-hydrogen) atoms. The number of carbonyl (C=O) groups is 1. The van der Waals surface area contributed by atoms with E-state index in [1.807, 2.05) is 24.3 Å². The molecule has 6 heteroatoms. The van der Waals surface area contributed by atoms with Crippen molar-refractivity contribution in [3.63, 3.8) is 0 Å². The second-order valence-corrected chi connectivity index (χ2v) is 4.62. The first kappa shape index (κ1) is 15.1. The van der Waals surface area contributed by atoms with Crippen LogP contribution in [-0.2, 0) is 9.53 Å². The van der Waals surface area contributed by atoms with E-state index in [0.717, 1.165) is 16.6 Å². The Morgan fingerprint density at radius 1 is 1.33 bits per heavy atom. The summed E-state index contributed by atoms with van der Waals surface area (Å²) in [7, 11) is 1.60. The summed E-state index contributed by atoms with van der Waals surface area (Å²) in [6, 6.07) is 7.50. The zero-order valence-corrected chi connectivity index (χ0v) is 12.1. The number of hydrogen-bond acceptors (Lipinski definition) is 5. The molecule has 112 valence electrons. The third-order valence-corrected chi connectivity index (χ3v) is 3.10. The van der Waals surface area contributed by atoms with E-state index in [1.165, 1.54) is 0 Å². The maximum Gasteiger partial charge on any atom is 0.221 e. The van der Waals surface area contributed by atoms with Crippen LogP contribution < -0.4 is 16.4 Å². The number of ether oxygens (including phenoxy) is 1. The van der Waals surface area contributed by atoms with Crippen molar-refractivity contribution in [1.82, 2.24) is 10.3 Å². The van der Waals surface area contributed by atoms with Gasteiger partial charge in [0.05, 0.1) is 17.8 Å². The van der Waals surface area contributed by atoms with Crippen LogP contribution in [0.4, 0.5) is 11.4 Å². The Bertz CT molecular complexity index is 616. The fraction of sp³-hybridized carbons (Fsp3) is 0.333. The summed E-state index contributed by atoms with van der Waals surface area (Å²) in [5, 5.41) is 6.91. The summed E-state index contributed by atoms with van der Waals surface area (Å²) in [4.78, 5) is 15.9. The Morgan fingerprint density at radius 2 is 2.19 bits per heavy atom. The number of aromatic nitrogens is 1. The lowest BCUT2D eigenvalue weighted by Gasteiger charge is -2.10. The molecule has 0 saturated heterocycles. The Morgan fingerprint density at radius 3 is 3.00 bits per heavy atom. The fourth-order valence-electron chi connectivity index (χ4n) is 2.03. The van der Waals surface area contributed by atoms with Gasteiger partial charge in [0.2, 0.25) is 5.91 Å². The maximum atomic E-state index is 11.6. The van der Waals surface area contributed by atoms with E-state index in [0.29, 0.717) is 31.8 Å². The molecular weight excluding hydrogens is 268 g/mol. The van der Waals surface area contributed by atoms with E-state index >= 15 is 0 Å². The van der Waals surface area contributed by atoms with Crippen molar-refractivity contribution in [3.05, 3.63) is 30.5 Å². The van der Waals surface area contributed by atoms with Crippen LogP contribution in [0.3, 0.4) is 0 Å². The number of pyridine rings is 1. The van der Waals surface area contributed by atoms with Gasteiger partial charge >= 0.3 is 0 Å². The predicted octanol–water partition coefficient (Wildman–Crippen LogP) is 1.38. The van der Waals surface area contributed by atoms with Crippen molar-refractivity contribution in [2.24, 2.45) is 0 Å². The summed E-state index contributed by atoms with van der Waals surface area (Å²) in [6.07, 6.45) is 2.12. The van der Waals surface area contributed by atoms with Gasteiger partial charge in [0.1, 0.15) is 0 Å². The van der Waals surface area contributed by atoms with Crippen LogP contribution in [0, 0.1) is 0 Å².